The maximum Gasteiger partial charge on any atom is 0.409 e. The summed E-state index contributed by atoms with van der Waals surface area (Å²) in [4.78, 5) is 33.0. The van der Waals surface area contributed by atoms with E-state index in [1.54, 1.807) is 33.8 Å². The number of nitrogens with one attached hydrogen (secondary N) is 2. The molecule has 1 aromatic carbocycles. The number of rotatable bonds is 7. The van der Waals surface area contributed by atoms with Gasteiger partial charge in [0.05, 0.1) is 23.8 Å². The Balaban J connectivity index is 1.40. The Morgan fingerprint density at radius 3 is 2.89 bits per heavy atom. The quantitative estimate of drug-likeness (QED) is 0.393. The third-order valence-corrected chi connectivity index (χ3v) is 9.10. The Morgan fingerprint density at radius 2 is 2.14 bits per heavy atom. The smallest absolute Gasteiger partial charge is 0.409 e. The van der Waals surface area contributed by atoms with Gasteiger partial charge in [0, 0.05) is 48.1 Å². The van der Waals surface area contributed by atoms with Gasteiger partial charge in [-0.15, -0.1) is 11.8 Å². The average molecular weight is 560 g/mol. The fourth-order valence-corrected chi connectivity index (χ4v) is 6.94. The lowest BCUT2D eigenvalue weighted by atomic mass is 9.81. The molecule has 10 nitrogen and oxygen atoms in total. The number of ether oxygens (including phenoxy) is 1. The van der Waals surface area contributed by atoms with E-state index in [9.17, 15) is 18.0 Å². The van der Waals surface area contributed by atoms with Crippen molar-refractivity contribution in [1.29, 1.82) is 0 Å². The summed E-state index contributed by atoms with van der Waals surface area (Å²) in [6, 6.07) is 5.16. The predicted octanol–water partition coefficient (Wildman–Crippen LogP) is 3.59. The fraction of sp³-hybridized carbons (Fsp3) is 0.476. The minimum atomic E-state index is -3.18. The summed E-state index contributed by atoms with van der Waals surface area (Å²) in [5.74, 6) is 0.720. The molecule has 3 amide bonds. The lowest BCUT2D eigenvalue weighted by Gasteiger charge is -2.25. The number of hydrogen-bond acceptors (Lipinski definition) is 8. The van der Waals surface area contributed by atoms with E-state index >= 15 is 0 Å². The summed E-state index contributed by atoms with van der Waals surface area (Å²) in [6.07, 6.45) is 3.82. The van der Waals surface area contributed by atoms with Crippen molar-refractivity contribution in [3.8, 4) is 0 Å². The SMILES string of the molecule is COC(=O)N1CCC2(C1)CN(C(=O)Nc1ncc(SCCCNS(C)(=O)=O)s1)c1ccc(Cl)cc12. The van der Waals surface area contributed by atoms with Crippen molar-refractivity contribution in [2.45, 2.75) is 22.5 Å². The molecule has 190 valence electrons. The molecule has 14 heteroatoms. The van der Waals surface area contributed by atoms with Crippen LogP contribution in [0.5, 0.6) is 0 Å². The van der Waals surface area contributed by atoms with Crippen LogP contribution in [0.25, 0.3) is 0 Å². The van der Waals surface area contributed by atoms with Gasteiger partial charge in [-0.3, -0.25) is 10.2 Å². The van der Waals surface area contributed by atoms with Crippen LogP contribution >= 0.6 is 34.7 Å². The molecule has 1 spiro atoms. The minimum absolute atomic E-state index is 0.301. The summed E-state index contributed by atoms with van der Waals surface area (Å²) < 4.78 is 30.5. The molecule has 2 aliphatic heterocycles. The molecule has 2 aliphatic rings. The average Bonchev–Trinajstić information content (AvgIpc) is 3.51. The maximum absolute atomic E-state index is 13.2. The van der Waals surface area contributed by atoms with Crippen LogP contribution in [0, 0.1) is 0 Å². The van der Waals surface area contributed by atoms with Crippen molar-refractivity contribution in [2.24, 2.45) is 0 Å². The number of hydrogen-bond donors (Lipinski definition) is 2. The molecular weight excluding hydrogens is 534 g/mol. The maximum atomic E-state index is 13.2. The van der Waals surface area contributed by atoms with Crippen LogP contribution in [0.1, 0.15) is 18.4 Å². The van der Waals surface area contributed by atoms with Crippen molar-refractivity contribution in [2.75, 3.05) is 55.5 Å². The number of methoxy groups -OCH3 is 1. The number of thioether (sulfide) groups is 1. The fourth-order valence-electron chi connectivity index (χ4n) is 4.37. The molecule has 0 saturated carbocycles. The second kappa shape index (κ2) is 10.5. The molecule has 0 bridgehead atoms. The lowest BCUT2D eigenvalue weighted by molar-refractivity contribution is 0.131. The summed E-state index contributed by atoms with van der Waals surface area (Å²) in [5.41, 5.74) is 1.31. The summed E-state index contributed by atoms with van der Waals surface area (Å²) in [6.45, 7) is 1.79. The van der Waals surface area contributed by atoms with Gasteiger partial charge in [0.2, 0.25) is 10.0 Å². The first-order chi connectivity index (χ1) is 16.6. The molecule has 0 aliphatic carbocycles. The van der Waals surface area contributed by atoms with E-state index in [2.05, 4.69) is 15.0 Å². The van der Waals surface area contributed by atoms with Crippen molar-refractivity contribution < 1.29 is 22.7 Å². The Hall–Kier alpha value is -2.06. The third-order valence-electron chi connectivity index (χ3n) is 5.94. The molecule has 4 rings (SSSR count). The minimum Gasteiger partial charge on any atom is -0.453 e. The molecule has 1 atom stereocenters. The van der Waals surface area contributed by atoms with Crippen LogP contribution in [0.4, 0.5) is 20.4 Å². The number of nitrogens with zero attached hydrogens (tertiary/aromatic N) is 3. The highest BCUT2D eigenvalue weighted by Crippen LogP contribution is 2.47. The van der Waals surface area contributed by atoms with Gasteiger partial charge in [0.15, 0.2) is 5.13 Å². The van der Waals surface area contributed by atoms with E-state index in [1.165, 1.54) is 18.4 Å². The number of amides is 3. The number of halogens is 1. The van der Waals surface area contributed by atoms with Gasteiger partial charge >= 0.3 is 12.1 Å². The molecule has 2 N–H and O–H groups in total. The Labute approximate surface area is 217 Å². The largest absolute Gasteiger partial charge is 0.453 e. The van der Waals surface area contributed by atoms with Crippen molar-refractivity contribution in [3.05, 3.63) is 35.0 Å². The van der Waals surface area contributed by atoms with Gasteiger partial charge in [0.25, 0.3) is 0 Å². The zero-order valence-electron chi connectivity index (χ0n) is 19.2. The van der Waals surface area contributed by atoms with E-state index in [1.807, 2.05) is 12.1 Å². The predicted molar refractivity (Wildman–Crippen MR) is 138 cm³/mol. The van der Waals surface area contributed by atoms with Gasteiger partial charge in [-0.05, 0) is 36.6 Å². The second-order valence-corrected chi connectivity index (χ2v) is 13.1. The highest BCUT2D eigenvalue weighted by atomic mass is 35.5. The first-order valence-corrected chi connectivity index (χ1v) is 14.9. The van der Waals surface area contributed by atoms with E-state index in [0.717, 1.165) is 27.5 Å². The first-order valence-electron chi connectivity index (χ1n) is 10.8. The number of likely N-dealkylation sites (tertiary alicyclic amines) is 1. The number of aromatic nitrogens is 1. The number of carbonyl (C=O) groups excluding carboxylic acids is 2. The van der Waals surface area contributed by atoms with Crippen LogP contribution in [0.2, 0.25) is 5.02 Å². The number of anilines is 2. The highest BCUT2D eigenvalue weighted by molar-refractivity contribution is 8.01. The monoisotopic (exact) mass is 559 g/mol. The Morgan fingerprint density at radius 1 is 1.34 bits per heavy atom. The molecule has 1 unspecified atom stereocenters. The number of carbonyl (C=O) groups is 2. The molecule has 2 aromatic rings. The standard InChI is InChI=1S/C21H26ClN5O5S3/c1-32-20(29)26-8-6-21(12-26)13-27(16-5-4-14(22)10-15(16)21)19(28)25-18-23-11-17(34-18)33-9-3-7-24-35(2,30)31/h4-5,10-11,24H,3,6-9,12-13H2,1-2H3,(H,23,25,28). The lowest BCUT2D eigenvalue weighted by Crippen LogP contribution is -2.41. The second-order valence-electron chi connectivity index (χ2n) is 8.45. The molecule has 1 fully saturated rings. The molecule has 3 heterocycles. The molecule has 35 heavy (non-hydrogen) atoms. The van der Waals surface area contributed by atoms with Gasteiger partial charge in [-0.1, -0.05) is 22.9 Å². The van der Waals surface area contributed by atoms with E-state index in [4.69, 9.17) is 16.3 Å². The van der Waals surface area contributed by atoms with Crippen LogP contribution in [-0.4, -0.2) is 75.7 Å². The van der Waals surface area contributed by atoms with Crippen LogP contribution in [0.3, 0.4) is 0 Å². The van der Waals surface area contributed by atoms with Crippen molar-refractivity contribution >= 4 is 67.7 Å². The summed E-state index contributed by atoms with van der Waals surface area (Å²) >= 11 is 9.20. The number of urea groups is 1. The van der Waals surface area contributed by atoms with Gasteiger partial charge < -0.3 is 9.64 Å². The number of sulfonamides is 1. The number of fused-ring (bicyclic) bond motifs is 2. The highest BCUT2D eigenvalue weighted by Gasteiger charge is 2.50. The number of benzene rings is 1. The molecule has 1 saturated heterocycles. The van der Waals surface area contributed by atoms with E-state index in [-0.39, 0.29) is 12.1 Å². The van der Waals surface area contributed by atoms with E-state index < -0.39 is 15.4 Å². The van der Waals surface area contributed by atoms with Crippen molar-refractivity contribution in [3.63, 3.8) is 0 Å². The zero-order chi connectivity index (χ0) is 25.2. The van der Waals surface area contributed by atoms with Gasteiger partial charge in [0.1, 0.15) is 0 Å². The number of thiazole rings is 1. The van der Waals surface area contributed by atoms with Crippen LogP contribution in [0.15, 0.2) is 28.6 Å². The molecule has 1 aromatic heterocycles. The zero-order valence-corrected chi connectivity index (χ0v) is 22.5. The van der Waals surface area contributed by atoms with Crippen LogP contribution in [-0.2, 0) is 20.2 Å². The molecule has 0 radical (unpaired) electrons. The topological polar surface area (TPSA) is 121 Å². The summed E-state index contributed by atoms with van der Waals surface area (Å²) in [5, 5.41) is 3.94. The molecular formula is C21H26ClN5O5S3. The van der Waals surface area contributed by atoms with Gasteiger partial charge in [-0.25, -0.2) is 27.7 Å². The Bertz CT molecular complexity index is 1220. The van der Waals surface area contributed by atoms with Gasteiger partial charge in [-0.2, -0.15) is 0 Å². The van der Waals surface area contributed by atoms with Crippen LogP contribution < -0.4 is 14.9 Å². The Kier molecular flexibility index (Phi) is 7.81. The summed E-state index contributed by atoms with van der Waals surface area (Å²) in [7, 11) is -1.82. The van der Waals surface area contributed by atoms with Crippen molar-refractivity contribution in [1.82, 2.24) is 14.6 Å². The van der Waals surface area contributed by atoms with E-state index in [0.29, 0.717) is 49.2 Å². The normalized spacial score (nSPS) is 19.3. The first kappa shape index (κ1) is 26.0. The third kappa shape index (κ3) is 6.02.